The van der Waals surface area contributed by atoms with E-state index in [2.05, 4.69) is 499 Å². The Hall–Kier alpha value is -16.9. The van der Waals surface area contributed by atoms with E-state index in [-0.39, 0.29) is 0 Å². The van der Waals surface area contributed by atoms with Gasteiger partial charge in [0, 0.05) is 59.9 Å². The molecular formula is C128H84Br2N6. The molecule has 4 heterocycles. The van der Waals surface area contributed by atoms with E-state index < -0.39 is 0 Å². The molecule has 4 aromatic heterocycles. The zero-order valence-electron chi connectivity index (χ0n) is 73.9. The quantitative estimate of drug-likeness (QED) is 0.134. The highest BCUT2D eigenvalue weighted by molar-refractivity contribution is 9.10. The molecule has 0 aliphatic carbocycles. The van der Waals surface area contributed by atoms with Gasteiger partial charge in [-0.15, -0.1) is 0 Å². The van der Waals surface area contributed by atoms with Crippen molar-refractivity contribution in [1.29, 1.82) is 0 Å². The number of nitrogens with two attached hydrogens (primary N) is 1. The Labute approximate surface area is 803 Å². The molecule has 23 aromatic carbocycles. The molecule has 0 spiro atoms. The number of aromatic nitrogens is 4. The Kier molecular flexibility index (Phi) is 21.4. The number of nitrogens with zero attached hydrogens (tertiary/aromatic N) is 4. The summed E-state index contributed by atoms with van der Waals surface area (Å²) in [5.41, 5.74) is 28.3. The number of fused-ring (bicyclic) bond motifs is 16. The van der Waals surface area contributed by atoms with E-state index in [0.717, 1.165) is 31.8 Å². The number of anilines is 3. The predicted molar refractivity (Wildman–Crippen MR) is 587 cm³/mol. The van der Waals surface area contributed by atoms with Gasteiger partial charge in [-0.25, -0.2) is 9.97 Å². The molecule has 3 N–H and O–H groups in total. The second-order valence-corrected chi connectivity index (χ2v) is 36.5. The average molecular weight is 1870 g/mol. The number of hydrogen-bond donors (Lipinski definition) is 2. The topological polar surface area (TPSA) is 73.7 Å². The van der Waals surface area contributed by atoms with E-state index in [1.54, 1.807) is 12.3 Å². The molecule has 0 bridgehead atoms. The van der Waals surface area contributed by atoms with Gasteiger partial charge < -0.3 is 20.2 Å². The fourth-order valence-electron chi connectivity index (χ4n) is 20.7. The number of rotatable bonds is 10. The van der Waals surface area contributed by atoms with Gasteiger partial charge >= 0.3 is 0 Å². The summed E-state index contributed by atoms with van der Waals surface area (Å²) in [6, 6.07) is 173. The van der Waals surface area contributed by atoms with E-state index in [9.17, 15) is 0 Å². The Bertz CT molecular complexity index is 9270. The number of pyridine rings is 2. The van der Waals surface area contributed by atoms with Crippen molar-refractivity contribution in [2.45, 2.75) is 0 Å². The lowest BCUT2D eigenvalue weighted by Gasteiger charge is -2.19. The van der Waals surface area contributed by atoms with Crippen LogP contribution in [-0.4, -0.2) is 19.1 Å². The van der Waals surface area contributed by atoms with Crippen molar-refractivity contribution in [2.75, 3.05) is 11.1 Å². The third-order valence-electron chi connectivity index (χ3n) is 26.8. The van der Waals surface area contributed by atoms with Crippen LogP contribution in [0, 0.1) is 0 Å². The van der Waals surface area contributed by atoms with Crippen molar-refractivity contribution in [3.8, 4) is 78.1 Å². The molecule has 27 aromatic rings. The molecule has 6 nitrogen and oxygen atoms in total. The normalized spacial score (nSPS) is 11.5. The zero-order valence-corrected chi connectivity index (χ0v) is 77.1. The fraction of sp³-hybridized carbons (Fsp3) is 0. The van der Waals surface area contributed by atoms with Gasteiger partial charge in [0.15, 0.2) is 0 Å². The Morgan fingerprint density at radius 3 is 0.765 bits per heavy atom. The largest absolute Gasteiger partial charge is 0.384 e. The van der Waals surface area contributed by atoms with Crippen LogP contribution in [0.5, 0.6) is 0 Å². The summed E-state index contributed by atoms with van der Waals surface area (Å²) in [7, 11) is 0. The highest BCUT2D eigenvalue weighted by Crippen LogP contribution is 2.51. The van der Waals surface area contributed by atoms with Gasteiger partial charge in [0.25, 0.3) is 0 Å². The molecule has 0 saturated carbocycles. The lowest BCUT2D eigenvalue weighted by Crippen LogP contribution is -1.95. The van der Waals surface area contributed by atoms with E-state index in [1.807, 2.05) is 36.5 Å². The maximum atomic E-state index is 5.25. The standard InChI is InChI=1S/C50H31BrN2.C39H26N2.C34H21Br.C5H6N2/c51-34-25-30-43-44(31-34)50(33-23-28-36(29-24-33)53-47-19-9-5-13-39(47)40-14-6-10-20-48(40)53)42-16-2-1-15-41(42)49(43)32-21-26-35(27-22-32)52-45-17-7-3-11-37(45)38-12-4-8-18-46(38)52;1-3-11-28-23-30(18-16-26(28)9-1)38-33-13-5-6-14-34(33)39(31-19-17-27-10-2-4-12-29(27)24-31)36-25-32(20-21-35(36)38)41-37-15-7-8-22-40-37;35-28-17-18-31-32(21-28)34(27-16-14-23-8-2-4-10-25(23)20-27)30-12-6-5-11-29(30)33(31)26-15-13-22-7-1-3-9-24(22)19-26;6-5-3-1-2-4-7-5/h1-31H;1-25H,(H,40,41);1-21H;1-4H,(H2,6,7). The van der Waals surface area contributed by atoms with Gasteiger partial charge in [-0.1, -0.05) is 378 Å². The molecule has 0 aliphatic heterocycles. The van der Waals surface area contributed by atoms with E-state index in [1.165, 1.54) is 218 Å². The minimum Gasteiger partial charge on any atom is -0.384 e. The molecule has 0 unspecified atom stereocenters. The van der Waals surface area contributed by atoms with Crippen LogP contribution in [0.2, 0.25) is 0 Å². The second-order valence-electron chi connectivity index (χ2n) is 34.7. The summed E-state index contributed by atoms with van der Waals surface area (Å²) in [4.78, 5) is 8.26. The summed E-state index contributed by atoms with van der Waals surface area (Å²) in [5.74, 6) is 1.40. The first-order valence-electron chi connectivity index (χ1n) is 46.0. The molecule has 0 radical (unpaired) electrons. The maximum absolute atomic E-state index is 5.25. The summed E-state index contributed by atoms with van der Waals surface area (Å²) in [5, 5.41) is 33.6. The smallest absolute Gasteiger partial charge is 0.130 e. The number of benzene rings is 23. The van der Waals surface area contributed by atoms with Gasteiger partial charge in [-0.2, -0.15) is 0 Å². The number of nitrogens with one attached hydrogen (secondary N) is 1. The minimum absolute atomic E-state index is 0.572. The van der Waals surface area contributed by atoms with Gasteiger partial charge in [-0.05, 0) is 308 Å². The van der Waals surface area contributed by atoms with Crippen LogP contribution in [0.15, 0.2) is 501 Å². The lowest BCUT2D eigenvalue weighted by molar-refractivity contribution is 1.18. The summed E-state index contributed by atoms with van der Waals surface area (Å²) in [6.07, 6.45) is 3.48. The molecule has 0 saturated heterocycles. The van der Waals surface area contributed by atoms with Crippen LogP contribution in [0.1, 0.15) is 0 Å². The molecule has 0 atom stereocenters. The van der Waals surface area contributed by atoms with Crippen LogP contribution in [0.3, 0.4) is 0 Å². The Morgan fingerprint density at radius 2 is 0.449 bits per heavy atom. The number of para-hydroxylation sites is 4. The molecule has 640 valence electrons. The van der Waals surface area contributed by atoms with E-state index in [0.29, 0.717) is 5.82 Å². The van der Waals surface area contributed by atoms with Crippen LogP contribution in [-0.2, 0) is 0 Å². The summed E-state index contributed by atoms with van der Waals surface area (Å²) in [6.45, 7) is 0. The zero-order chi connectivity index (χ0) is 90.7. The van der Waals surface area contributed by atoms with Crippen molar-refractivity contribution >= 4 is 201 Å². The van der Waals surface area contributed by atoms with Crippen LogP contribution < -0.4 is 11.1 Å². The van der Waals surface area contributed by atoms with Crippen molar-refractivity contribution in [1.82, 2.24) is 19.1 Å². The molecule has 136 heavy (non-hydrogen) atoms. The molecule has 0 amide bonds. The third-order valence-corrected chi connectivity index (χ3v) is 27.7. The summed E-state index contributed by atoms with van der Waals surface area (Å²) >= 11 is 7.59. The number of halogens is 2. The van der Waals surface area contributed by atoms with Gasteiger partial charge in [0.1, 0.15) is 11.6 Å². The minimum atomic E-state index is 0.572. The molecule has 27 rings (SSSR count). The molecule has 8 heteroatoms. The Balaban J connectivity index is 0.000000110. The first kappa shape index (κ1) is 82.3. The maximum Gasteiger partial charge on any atom is 0.130 e. The second kappa shape index (κ2) is 35.3. The van der Waals surface area contributed by atoms with Crippen LogP contribution in [0.4, 0.5) is 17.3 Å². The monoisotopic (exact) mass is 1860 g/mol. The van der Waals surface area contributed by atoms with Crippen LogP contribution >= 0.6 is 31.9 Å². The third kappa shape index (κ3) is 15.1. The van der Waals surface area contributed by atoms with E-state index >= 15 is 0 Å². The molecular weight excluding hydrogens is 1780 g/mol. The lowest BCUT2D eigenvalue weighted by atomic mass is 9.85. The van der Waals surface area contributed by atoms with Gasteiger partial charge in [0.05, 0.1) is 22.1 Å². The van der Waals surface area contributed by atoms with Crippen molar-refractivity contribution in [3.05, 3.63) is 501 Å². The van der Waals surface area contributed by atoms with Gasteiger partial charge in [-0.3, -0.25) is 0 Å². The Morgan fingerprint density at radius 1 is 0.191 bits per heavy atom. The van der Waals surface area contributed by atoms with Gasteiger partial charge in [0.2, 0.25) is 0 Å². The summed E-state index contributed by atoms with van der Waals surface area (Å²) < 4.78 is 6.92. The SMILES string of the molecule is Brc1ccc2c(-c3ccc(-n4c5ccccc5c5ccccc54)cc3)c3ccccc3c(-c3ccc(-n4c5ccccc5c5ccccc54)cc3)c2c1.Brc1ccc2c(-c3ccc4ccccc4c3)c3ccccc3c(-c3ccc4ccccc4c3)c2c1.Nc1ccccn1.c1ccc(Nc2ccc3c(-c4ccc5ccccc5c4)c4ccccc4c(-c4ccc5ccccc5c4)c3c2)nc1. The first-order valence-corrected chi connectivity index (χ1v) is 47.5. The number of nitrogen functional groups attached to an aromatic ring is 1. The fourth-order valence-corrected chi connectivity index (χ4v) is 21.4. The van der Waals surface area contributed by atoms with Crippen molar-refractivity contribution < 1.29 is 0 Å². The predicted octanol–water partition coefficient (Wildman–Crippen LogP) is 36.1. The van der Waals surface area contributed by atoms with Crippen molar-refractivity contribution in [2.24, 2.45) is 0 Å². The molecule has 0 aliphatic rings. The van der Waals surface area contributed by atoms with Crippen molar-refractivity contribution in [3.63, 3.8) is 0 Å². The van der Waals surface area contributed by atoms with E-state index in [4.69, 9.17) is 5.73 Å². The average Bonchev–Trinajstić information content (AvgIpc) is 0.910. The highest BCUT2D eigenvalue weighted by Gasteiger charge is 2.24. The molecule has 0 fully saturated rings. The highest BCUT2D eigenvalue weighted by atomic mass is 79.9. The van der Waals surface area contributed by atoms with Crippen LogP contribution in [0.25, 0.3) is 229 Å². The first-order chi connectivity index (χ1) is 67.2. The number of hydrogen-bond acceptors (Lipinski definition) is 4.